The van der Waals surface area contributed by atoms with Crippen LogP contribution in [0, 0.1) is 0 Å². The van der Waals surface area contributed by atoms with Crippen molar-refractivity contribution in [2.75, 3.05) is 12.3 Å². The zero-order valence-electron chi connectivity index (χ0n) is 12.1. The second kappa shape index (κ2) is 7.96. The Kier molecular flexibility index (Phi) is 6.60. The van der Waals surface area contributed by atoms with Crippen LogP contribution in [0.1, 0.15) is 32.1 Å². The van der Waals surface area contributed by atoms with E-state index in [0.717, 1.165) is 22.3 Å². The Labute approximate surface area is 130 Å². The van der Waals surface area contributed by atoms with Crippen molar-refractivity contribution in [3.05, 3.63) is 22.4 Å². The highest BCUT2D eigenvalue weighted by Crippen LogP contribution is 2.37. The molecule has 4 atom stereocenters. The smallest absolute Gasteiger partial charge is 0.0295 e. The van der Waals surface area contributed by atoms with E-state index in [2.05, 4.69) is 67.1 Å². The predicted octanol–water partition coefficient (Wildman–Crippen LogP) is 4.28. The molecule has 4 heteroatoms. The van der Waals surface area contributed by atoms with Crippen molar-refractivity contribution in [2.45, 2.75) is 55.4 Å². The van der Waals surface area contributed by atoms with Crippen LogP contribution in [0.15, 0.2) is 17.5 Å². The van der Waals surface area contributed by atoms with Gasteiger partial charge < -0.3 is 5.32 Å². The van der Waals surface area contributed by atoms with Gasteiger partial charge >= 0.3 is 0 Å². The van der Waals surface area contributed by atoms with E-state index in [-0.39, 0.29) is 0 Å². The SMILES string of the molecule is CCNC(CCc1cccs1)C1CSC(C)C(C)S1. The molecule has 0 spiro atoms. The molecular weight excluding hydrogens is 290 g/mol. The molecule has 0 amide bonds. The summed E-state index contributed by atoms with van der Waals surface area (Å²) in [7, 11) is 0. The molecule has 0 aliphatic carbocycles. The van der Waals surface area contributed by atoms with E-state index in [1.807, 2.05) is 11.3 Å². The van der Waals surface area contributed by atoms with Crippen LogP contribution in [0.25, 0.3) is 0 Å². The Bertz CT molecular complexity index is 352. The molecule has 19 heavy (non-hydrogen) atoms. The summed E-state index contributed by atoms with van der Waals surface area (Å²) in [4.78, 5) is 1.53. The molecule has 0 bridgehead atoms. The van der Waals surface area contributed by atoms with Gasteiger partial charge in [-0.1, -0.05) is 26.8 Å². The second-order valence-electron chi connectivity index (χ2n) is 5.20. The van der Waals surface area contributed by atoms with Gasteiger partial charge in [0.05, 0.1) is 0 Å². The summed E-state index contributed by atoms with van der Waals surface area (Å²) in [6.07, 6.45) is 2.49. The lowest BCUT2D eigenvalue weighted by Crippen LogP contribution is -2.43. The lowest BCUT2D eigenvalue weighted by atomic mass is 10.1. The number of hydrogen-bond donors (Lipinski definition) is 1. The van der Waals surface area contributed by atoms with Gasteiger partial charge in [0.25, 0.3) is 0 Å². The number of nitrogens with one attached hydrogen (secondary N) is 1. The first-order chi connectivity index (χ1) is 9.20. The lowest BCUT2D eigenvalue weighted by molar-refractivity contribution is 0.492. The summed E-state index contributed by atoms with van der Waals surface area (Å²) >= 11 is 6.24. The van der Waals surface area contributed by atoms with Crippen molar-refractivity contribution in [3.63, 3.8) is 0 Å². The van der Waals surface area contributed by atoms with Gasteiger partial charge in [-0.15, -0.1) is 11.3 Å². The first-order valence-electron chi connectivity index (χ1n) is 7.23. The summed E-state index contributed by atoms with van der Waals surface area (Å²) in [5, 5.41) is 8.27. The van der Waals surface area contributed by atoms with E-state index in [1.165, 1.54) is 23.5 Å². The Morgan fingerprint density at radius 1 is 1.37 bits per heavy atom. The molecule has 0 aromatic carbocycles. The van der Waals surface area contributed by atoms with Gasteiger partial charge in [-0.3, -0.25) is 0 Å². The quantitative estimate of drug-likeness (QED) is 0.841. The summed E-state index contributed by atoms with van der Waals surface area (Å²) in [6, 6.07) is 5.10. The molecule has 2 rings (SSSR count). The van der Waals surface area contributed by atoms with Gasteiger partial charge in [-0.25, -0.2) is 0 Å². The maximum atomic E-state index is 3.72. The fourth-order valence-electron chi connectivity index (χ4n) is 2.45. The molecule has 1 nitrogen and oxygen atoms in total. The maximum Gasteiger partial charge on any atom is 0.0295 e. The first kappa shape index (κ1) is 15.7. The van der Waals surface area contributed by atoms with Crippen molar-refractivity contribution < 1.29 is 0 Å². The average molecular weight is 316 g/mol. The third-order valence-corrected chi connectivity index (χ3v) is 8.26. The Morgan fingerprint density at radius 3 is 2.84 bits per heavy atom. The van der Waals surface area contributed by atoms with Crippen LogP contribution in [0.3, 0.4) is 0 Å². The minimum Gasteiger partial charge on any atom is -0.313 e. The Balaban J connectivity index is 1.88. The highest BCUT2D eigenvalue weighted by atomic mass is 32.2. The van der Waals surface area contributed by atoms with Crippen LogP contribution < -0.4 is 5.32 Å². The molecule has 1 fully saturated rings. The van der Waals surface area contributed by atoms with E-state index < -0.39 is 0 Å². The first-order valence-corrected chi connectivity index (χ1v) is 10.1. The third-order valence-electron chi connectivity index (χ3n) is 3.77. The highest BCUT2D eigenvalue weighted by molar-refractivity contribution is 8.07. The van der Waals surface area contributed by atoms with E-state index in [4.69, 9.17) is 0 Å². The van der Waals surface area contributed by atoms with Gasteiger partial charge in [0.2, 0.25) is 0 Å². The molecule has 4 unspecified atom stereocenters. The van der Waals surface area contributed by atoms with Crippen molar-refractivity contribution in [1.82, 2.24) is 5.32 Å². The summed E-state index contributed by atoms with van der Waals surface area (Å²) in [5.41, 5.74) is 0. The van der Waals surface area contributed by atoms with Gasteiger partial charge in [0, 0.05) is 32.4 Å². The highest BCUT2D eigenvalue weighted by Gasteiger charge is 2.30. The standard InChI is InChI=1S/C15H25NS3/c1-4-16-14(8-7-13-6-5-9-17-13)15-10-18-11(2)12(3)19-15/h5-6,9,11-12,14-16H,4,7-8,10H2,1-3H3. The van der Waals surface area contributed by atoms with E-state index in [1.54, 1.807) is 0 Å². The van der Waals surface area contributed by atoms with Gasteiger partial charge in [0.1, 0.15) is 0 Å². The van der Waals surface area contributed by atoms with Gasteiger partial charge in [-0.05, 0) is 30.8 Å². The van der Waals surface area contributed by atoms with Crippen molar-refractivity contribution in [2.24, 2.45) is 0 Å². The van der Waals surface area contributed by atoms with Crippen molar-refractivity contribution in [3.8, 4) is 0 Å². The zero-order valence-corrected chi connectivity index (χ0v) is 14.5. The van der Waals surface area contributed by atoms with Crippen LogP contribution in [0.4, 0.5) is 0 Å². The fourth-order valence-corrected chi connectivity index (χ4v) is 6.35. The topological polar surface area (TPSA) is 12.0 Å². The predicted molar refractivity (Wildman–Crippen MR) is 92.9 cm³/mol. The fraction of sp³-hybridized carbons (Fsp3) is 0.733. The minimum absolute atomic E-state index is 0.666. The number of hydrogen-bond acceptors (Lipinski definition) is 4. The number of aryl methyl sites for hydroxylation is 1. The van der Waals surface area contributed by atoms with Crippen LogP contribution in [0.2, 0.25) is 0 Å². The van der Waals surface area contributed by atoms with Crippen LogP contribution in [-0.2, 0) is 6.42 Å². The van der Waals surface area contributed by atoms with E-state index in [0.29, 0.717) is 6.04 Å². The molecule has 1 saturated heterocycles. The van der Waals surface area contributed by atoms with E-state index in [9.17, 15) is 0 Å². The second-order valence-corrected chi connectivity index (χ2v) is 9.26. The maximum absolute atomic E-state index is 3.72. The van der Waals surface area contributed by atoms with E-state index >= 15 is 0 Å². The molecule has 0 saturated carbocycles. The molecule has 0 radical (unpaired) electrons. The van der Waals surface area contributed by atoms with Crippen molar-refractivity contribution in [1.29, 1.82) is 0 Å². The molecule has 1 aliphatic heterocycles. The summed E-state index contributed by atoms with van der Waals surface area (Å²) in [6.45, 7) is 8.06. The summed E-state index contributed by atoms with van der Waals surface area (Å²) < 4.78 is 0. The van der Waals surface area contributed by atoms with Gasteiger partial charge in [0.15, 0.2) is 0 Å². The van der Waals surface area contributed by atoms with Crippen LogP contribution in [-0.4, -0.2) is 34.1 Å². The molecule has 1 aromatic rings. The number of rotatable bonds is 6. The number of thiophene rings is 1. The Morgan fingerprint density at radius 2 is 2.21 bits per heavy atom. The molecule has 1 N–H and O–H groups in total. The normalized spacial score (nSPS) is 29.3. The zero-order chi connectivity index (χ0) is 13.7. The Hall–Kier alpha value is 0.360. The lowest BCUT2D eigenvalue weighted by Gasteiger charge is -2.36. The molecule has 1 aromatic heterocycles. The van der Waals surface area contributed by atoms with Gasteiger partial charge in [-0.2, -0.15) is 23.5 Å². The molecule has 1 aliphatic rings. The van der Waals surface area contributed by atoms with Crippen LogP contribution >= 0.6 is 34.9 Å². The molecule has 108 valence electrons. The monoisotopic (exact) mass is 315 g/mol. The number of thioether (sulfide) groups is 2. The molecule has 2 heterocycles. The molecular formula is C15H25NS3. The van der Waals surface area contributed by atoms with Crippen LogP contribution in [0.5, 0.6) is 0 Å². The largest absolute Gasteiger partial charge is 0.313 e. The third kappa shape index (κ3) is 4.69. The average Bonchev–Trinajstić information content (AvgIpc) is 2.91. The van der Waals surface area contributed by atoms with Crippen molar-refractivity contribution >= 4 is 34.9 Å². The summed E-state index contributed by atoms with van der Waals surface area (Å²) in [5.74, 6) is 1.30. The minimum atomic E-state index is 0.666.